The first-order valence-corrected chi connectivity index (χ1v) is 7.25. The first-order valence-electron chi connectivity index (χ1n) is 7.25. The lowest BCUT2D eigenvalue weighted by atomic mass is 10.2. The lowest BCUT2D eigenvalue weighted by Gasteiger charge is -2.06. The zero-order valence-electron chi connectivity index (χ0n) is 12.7. The highest BCUT2D eigenvalue weighted by Crippen LogP contribution is 2.15. The maximum absolute atomic E-state index is 11.4. The van der Waals surface area contributed by atoms with Gasteiger partial charge in [-0.3, -0.25) is 9.78 Å². The number of aryl methyl sites for hydroxylation is 1. The molecule has 116 valence electrons. The number of hydrogen-bond donors (Lipinski definition) is 2. The second-order valence-electron chi connectivity index (χ2n) is 5.01. The van der Waals surface area contributed by atoms with Crippen LogP contribution in [0.2, 0.25) is 0 Å². The minimum Gasteiger partial charge on any atom is -0.354 e. The van der Waals surface area contributed by atoms with Crippen molar-refractivity contribution in [1.29, 1.82) is 0 Å². The molecule has 0 unspecified atom stereocenters. The molecular weight excluding hydrogens is 292 g/mol. The number of H-pyrrole nitrogens is 1. The molecule has 0 spiro atoms. The van der Waals surface area contributed by atoms with Crippen LogP contribution in [0.5, 0.6) is 0 Å². The number of aromatic nitrogens is 5. The summed E-state index contributed by atoms with van der Waals surface area (Å²) < 4.78 is 0. The summed E-state index contributed by atoms with van der Waals surface area (Å²) in [6.07, 6.45) is 5.80. The first kappa shape index (κ1) is 14.8. The lowest BCUT2D eigenvalue weighted by molar-refractivity contribution is 0.891. The number of nitrogens with one attached hydrogen (secondary N) is 2. The van der Waals surface area contributed by atoms with E-state index in [4.69, 9.17) is 0 Å². The minimum atomic E-state index is -0.137. The van der Waals surface area contributed by atoms with Crippen LogP contribution < -0.4 is 10.9 Å². The van der Waals surface area contributed by atoms with Crippen molar-refractivity contribution in [3.8, 4) is 11.3 Å². The first-order chi connectivity index (χ1) is 11.2. The Labute approximate surface area is 132 Å². The summed E-state index contributed by atoms with van der Waals surface area (Å²) in [5.41, 5.74) is 2.34. The van der Waals surface area contributed by atoms with E-state index < -0.39 is 0 Å². The van der Waals surface area contributed by atoms with Gasteiger partial charge in [0, 0.05) is 48.9 Å². The monoisotopic (exact) mass is 308 g/mol. The topological polar surface area (TPSA) is 96.4 Å². The van der Waals surface area contributed by atoms with Gasteiger partial charge < -0.3 is 10.3 Å². The highest BCUT2D eigenvalue weighted by atomic mass is 16.1. The molecule has 3 heterocycles. The van der Waals surface area contributed by atoms with Crippen LogP contribution in [0.1, 0.15) is 11.5 Å². The van der Waals surface area contributed by atoms with E-state index in [0.717, 1.165) is 17.0 Å². The quantitative estimate of drug-likeness (QED) is 0.743. The molecule has 0 fully saturated rings. The van der Waals surface area contributed by atoms with Crippen molar-refractivity contribution in [3.63, 3.8) is 0 Å². The molecule has 0 aliphatic rings. The summed E-state index contributed by atoms with van der Waals surface area (Å²) in [5.74, 6) is 1.15. The van der Waals surface area contributed by atoms with Crippen molar-refractivity contribution < 1.29 is 0 Å². The van der Waals surface area contributed by atoms with Gasteiger partial charge in [0.05, 0.1) is 5.69 Å². The van der Waals surface area contributed by atoms with E-state index in [9.17, 15) is 4.79 Å². The van der Waals surface area contributed by atoms with Crippen LogP contribution >= 0.6 is 0 Å². The van der Waals surface area contributed by atoms with Gasteiger partial charge in [-0.1, -0.05) is 0 Å². The Kier molecular flexibility index (Phi) is 4.37. The molecule has 0 aliphatic carbocycles. The molecule has 0 aromatic carbocycles. The predicted molar refractivity (Wildman–Crippen MR) is 87.1 cm³/mol. The van der Waals surface area contributed by atoms with E-state index in [1.807, 2.05) is 18.2 Å². The van der Waals surface area contributed by atoms with Gasteiger partial charge in [0.1, 0.15) is 5.82 Å². The van der Waals surface area contributed by atoms with Crippen molar-refractivity contribution in [3.05, 3.63) is 64.7 Å². The van der Waals surface area contributed by atoms with Gasteiger partial charge in [-0.05, 0) is 25.1 Å². The fraction of sp³-hybridized carbons (Fsp3) is 0.188. The molecule has 7 heteroatoms. The van der Waals surface area contributed by atoms with Gasteiger partial charge in [0.25, 0.3) is 5.56 Å². The number of anilines is 1. The van der Waals surface area contributed by atoms with E-state index in [-0.39, 0.29) is 5.56 Å². The maximum Gasteiger partial charge on any atom is 0.251 e. The Balaban J connectivity index is 1.66. The van der Waals surface area contributed by atoms with Gasteiger partial charge in [-0.15, -0.1) is 0 Å². The smallest absolute Gasteiger partial charge is 0.251 e. The van der Waals surface area contributed by atoms with Crippen LogP contribution in [-0.2, 0) is 6.42 Å². The lowest BCUT2D eigenvalue weighted by Crippen LogP contribution is -2.14. The fourth-order valence-corrected chi connectivity index (χ4v) is 2.19. The summed E-state index contributed by atoms with van der Waals surface area (Å²) >= 11 is 0. The molecule has 7 nitrogen and oxygen atoms in total. The Hall–Kier alpha value is -3.09. The molecule has 0 saturated carbocycles. The highest BCUT2D eigenvalue weighted by Gasteiger charge is 2.03. The summed E-state index contributed by atoms with van der Waals surface area (Å²) in [6, 6.07) is 7.15. The largest absolute Gasteiger partial charge is 0.354 e. The van der Waals surface area contributed by atoms with E-state index >= 15 is 0 Å². The standard InChI is InChI=1S/C16H16N6O/c1-11-20-13(9-15(23)21-11)4-7-18-16-19-8-5-14(22-16)12-3-2-6-17-10-12/h2-3,5-6,8-10H,4,7H2,1H3,(H,18,19,22)(H,20,21,23). The van der Waals surface area contributed by atoms with Crippen molar-refractivity contribution in [2.24, 2.45) is 0 Å². The van der Waals surface area contributed by atoms with Gasteiger partial charge in [-0.2, -0.15) is 0 Å². The molecule has 0 radical (unpaired) electrons. The van der Waals surface area contributed by atoms with Crippen LogP contribution in [0.25, 0.3) is 11.3 Å². The third-order valence-electron chi connectivity index (χ3n) is 3.19. The van der Waals surface area contributed by atoms with Crippen molar-refractivity contribution in [2.45, 2.75) is 13.3 Å². The van der Waals surface area contributed by atoms with Crippen LogP contribution in [-0.4, -0.2) is 31.5 Å². The molecule has 0 aliphatic heterocycles. The molecular formula is C16H16N6O. The molecule has 0 saturated heterocycles. The number of rotatable bonds is 5. The van der Waals surface area contributed by atoms with Crippen molar-refractivity contribution in [2.75, 3.05) is 11.9 Å². The second-order valence-corrected chi connectivity index (χ2v) is 5.01. The Morgan fingerprint density at radius 1 is 1.22 bits per heavy atom. The van der Waals surface area contributed by atoms with Gasteiger partial charge in [0.15, 0.2) is 0 Å². The molecule has 0 amide bonds. The van der Waals surface area contributed by atoms with Crippen LogP contribution in [0.3, 0.4) is 0 Å². The fourth-order valence-electron chi connectivity index (χ4n) is 2.19. The zero-order chi connectivity index (χ0) is 16.1. The molecule has 0 bridgehead atoms. The number of pyridine rings is 1. The van der Waals surface area contributed by atoms with Crippen molar-refractivity contribution in [1.82, 2.24) is 24.9 Å². The molecule has 23 heavy (non-hydrogen) atoms. The molecule has 2 N–H and O–H groups in total. The van der Waals surface area contributed by atoms with Crippen LogP contribution in [0.4, 0.5) is 5.95 Å². The molecule has 3 aromatic rings. The van der Waals surface area contributed by atoms with Crippen LogP contribution in [0, 0.1) is 6.92 Å². The number of nitrogens with zero attached hydrogens (tertiary/aromatic N) is 4. The predicted octanol–water partition coefficient (Wildman–Crippen LogP) is 1.58. The van der Waals surface area contributed by atoms with Crippen LogP contribution in [0.15, 0.2) is 47.7 Å². The number of aromatic amines is 1. The Bertz CT molecular complexity index is 846. The van der Waals surface area contributed by atoms with E-state index in [1.165, 1.54) is 6.07 Å². The zero-order valence-corrected chi connectivity index (χ0v) is 12.7. The summed E-state index contributed by atoms with van der Waals surface area (Å²) in [6.45, 7) is 2.35. The van der Waals surface area contributed by atoms with E-state index in [0.29, 0.717) is 24.7 Å². The molecule has 3 rings (SSSR count). The van der Waals surface area contributed by atoms with Gasteiger partial charge in [-0.25, -0.2) is 15.0 Å². The van der Waals surface area contributed by atoms with Crippen molar-refractivity contribution >= 4 is 5.95 Å². The molecule has 0 atom stereocenters. The number of hydrogen-bond acceptors (Lipinski definition) is 6. The normalized spacial score (nSPS) is 10.5. The summed E-state index contributed by atoms with van der Waals surface area (Å²) in [7, 11) is 0. The van der Waals surface area contributed by atoms with E-state index in [1.54, 1.807) is 25.5 Å². The van der Waals surface area contributed by atoms with Gasteiger partial charge >= 0.3 is 0 Å². The Morgan fingerprint density at radius 2 is 2.13 bits per heavy atom. The SMILES string of the molecule is Cc1nc(CCNc2nccc(-c3cccnc3)n2)cc(=O)[nH]1. The average Bonchev–Trinajstić information content (AvgIpc) is 2.55. The highest BCUT2D eigenvalue weighted by molar-refractivity contribution is 5.58. The molecule has 3 aromatic heterocycles. The minimum absolute atomic E-state index is 0.137. The third kappa shape index (κ3) is 3.97. The van der Waals surface area contributed by atoms with E-state index in [2.05, 4.69) is 30.2 Å². The summed E-state index contributed by atoms with van der Waals surface area (Å²) in [4.78, 5) is 31.1. The second kappa shape index (κ2) is 6.78. The average molecular weight is 308 g/mol. The Morgan fingerprint density at radius 3 is 2.91 bits per heavy atom. The maximum atomic E-state index is 11.4. The third-order valence-corrected chi connectivity index (χ3v) is 3.19. The van der Waals surface area contributed by atoms with Gasteiger partial charge in [0.2, 0.25) is 5.95 Å². The summed E-state index contributed by atoms with van der Waals surface area (Å²) in [5, 5.41) is 3.15.